The lowest BCUT2D eigenvalue weighted by molar-refractivity contribution is 0.0750. The SMILES string of the molecule is CCCNCCCC(C)N(CC)C(C)COC. The van der Waals surface area contributed by atoms with Crippen LogP contribution in [-0.4, -0.2) is 50.3 Å². The van der Waals surface area contributed by atoms with E-state index >= 15 is 0 Å². The van der Waals surface area contributed by atoms with E-state index in [1.165, 1.54) is 19.3 Å². The van der Waals surface area contributed by atoms with E-state index in [9.17, 15) is 0 Å². The average Bonchev–Trinajstić information content (AvgIpc) is 2.30. The van der Waals surface area contributed by atoms with Crippen LogP contribution in [0.5, 0.6) is 0 Å². The molecule has 17 heavy (non-hydrogen) atoms. The first-order valence-electron chi connectivity index (χ1n) is 7.12. The number of hydrogen-bond donors (Lipinski definition) is 1. The Bertz CT molecular complexity index is 164. The fraction of sp³-hybridized carbons (Fsp3) is 1.00. The summed E-state index contributed by atoms with van der Waals surface area (Å²) >= 11 is 0. The molecule has 0 heterocycles. The molecule has 0 aliphatic carbocycles. The predicted octanol–water partition coefficient (Wildman–Crippen LogP) is 2.51. The Hall–Kier alpha value is -0.120. The van der Waals surface area contributed by atoms with Gasteiger partial charge in [0, 0.05) is 19.2 Å². The zero-order valence-corrected chi connectivity index (χ0v) is 12.5. The van der Waals surface area contributed by atoms with Crippen molar-refractivity contribution in [3.63, 3.8) is 0 Å². The number of nitrogens with one attached hydrogen (secondary N) is 1. The lowest BCUT2D eigenvalue weighted by Gasteiger charge is -2.33. The third-order valence-electron chi connectivity index (χ3n) is 3.31. The van der Waals surface area contributed by atoms with Crippen LogP contribution in [-0.2, 0) is 4.74 Å². The molecule has 0 aromatic carbocycles. The molecule has 3 heteroatoms. The standard InChI is InChI=1S/C14H32N2O/c1-6-10-15-11-8-9-13(3)16(7-2)14(4)12-17-5/h13-15H,6-12H2,1-5H3. The van der Waals surface area contributed by atoms with E-state index < -0.39 is 0 Å². The first-order chi connectivity index (χ1) is 8.17. The predicted molar refractivity (Wildman–Crippen MR) is 75.6 cm³/mol. The van der Waals surface area contributed by atoms with Crippen LogP contribution < -0.4 is 5.32 Å². The van der Waals surface area contributed by atoms with Crippen molar-refractivity contribution in [2.75, 3.05) is 33.4 Å². The van der Waals surface area contributed by atoms with Gasteiger partial charge in [-0.1, -0.05) is 13.8 Å². The highest BCUT2D eigenvalue weighted by molar-refractivity contribution is 4.72. The smallest absolute Gasteiger partial charge is 0.0615 e. The Morgan fingerprint density at radius 1 is 1.12 bits per heavy atom. The summed E-state index contributed by atoms with van der Waals surface area (Å²) < 4.78 is 5.24. The van der Waals surface area contributed by atoms with Crippen LogP contribution in [0.4, 0.5) is 0 Å². The quantitative estimate of drug-likeness (QED) is 0.565. The van der Waals surface area contributed by atoms with E-state index in [1.54, 1.807) is 7.11 Å². The highest BCUT2D eigenvalue weighted by Gasteiger charge is 2.17. The van der Waals surface area contributed by atoms with Crippen molar-refractivity contribution in [1.82, 2.24) is 10.2 Å². The largest absolute Gasteiger partial charge is 0.383 e. The molecule has 0 spiro atoms. The van der Waals surface area contributed by atoms with E-state index in [1.807, 2.05) is 0 Å². The number of rotatable bonds is 11. The van der Waals surface area contributed by atoms with Crippen molar-refractivity contribution in [3.05, 3.63) is 0 Å². The minimum atomic E-state index is 0.517. The second-order valence-corrected chi connectivity index (χ2v) is 4.88. The topological polar surface area (TPSA) is 24.5 Å². The Kier molecular flexibility index (Phi) is 10.9. The molecule has 0 radical (unpaired) electrons. The van der Waals surface area contributed by atoms with Gasteiger partial charge in [0.25, 0.3) is 0 Å². The van der Waals surface area contributed by atoms with Gasteiger partial charge in [-0.15, -0.1) is 0 Å². The van der Waals surface area contributed by atoms with Gasteiger partial charge in [0.05, 0.1) is 6.61 Å². The molecule has 0 aliphatic heterocycles. The third-order valence-corrected chi connectivity index (χ3v) is 3.31. The van der Waals surface area contributed by atoms with Crippen molar-refractivity contribution in [3.8, 4) is 0 Å². The van der Waals surface area contributed by atoms with Gasteiger partial charge in [-0.3, -0.25) is 4.90 Å². The Labute approximate surface area is 108 Å². The third kappa shape index (κ3) is 7.74. The van der Waals surface area contributed by atoms with Gasteiger partial charge in [-0.05, 0) is 52.7 Å². The first kappa shape index (κ1) is 16.9. The Morgan fingerprint density at radius 3 is 2.35 bits per heavy atom. The van der Waals surface area contributed by atoms with Crippen molar-refractivity contribution in [2.24, 2.45) is 0 Å². The van der Waals surface area contributed by atoms with Crippen LogP contribution in [0.15, 0.2) is 0 Å². The van der Waals surface area contributed by atoms with Gasteiger partial charge in [0.2, 0.25) is 0 Å². The molecule has 0 aromatic rings. The molecule has 0 rings (SSSR count). The molecule has 1 N–H and O–H groups in total. The fourth-order valence-corrected chi connectivity index (χ4v) is 2.38. The molecule has 0 saturated heterocycles. The van der Waals surface area contributed by atoms with Crippen LogP contribution in [0.3, 0.4) is 0 Å². The summed E-state index contributed by atoms with van der Waals surface area (Å²) in [5, 5.41) is 3.46. The summed E-state index contributed by atoms with van der Waals surface area (Å²) in [4.78, 5) is 2.53. The molecule has 0 bridgehead atoms. The highest BCUT2D eigenvalue weighted by Crippen LogP contribution is 2.10. The lowest BCUT2D eigenvalue weighted by Crippen LogP contribution is -2.42. The van der Waals surface area contributed by atoms with Gasteiger partial charge < -0.3 is 10.1 Å². The van der Waals surface area contributed by atoms with Crippen LogP contribution in [0.2, 0.25) is 0 Å². The van der Waals surface area contributed by atoms with Gasteiger partial charge in [-0.25, -0.2) is 0 Å². The molecule has 0 aliphatic rings. The van der Waals surface area contributed by atoms with Crippen molar-refractivity contribution >= 4 is 0 Å². The van der Waals surface area contributed by atoms with E-state index in [2.05, 4.69) is 37.9 Å². The number of hydrogen-bond acceptors (Lipinski definition) is 3. The summed E-state index contributed by atoms with van der Waals surface area (Å²) in [6.45, 7) is 13.2. The Morgan fingerprint density at radius 2 is 1.82 bits per heavy atom. The molecular formula is C14H32N2O. The second kappa shape index (κ2) is 11.0. The van der Waals surface area contributed by atoms with E-state index in [0.717, 1.165) is 26.2 Å². The van der Waals surface area contributed by atoms with Crippen LogP contribution in [0.1, 0.15) is 47.0 Å². The second-order valence-electron chi connectivity index (χ2n) is 4.88. The van der Waals surface area contributed by atoms with Crippen LogP contribution in [0.25, 0.3) is 0 Å². The van der Waals surface area contributed by atoms with Crippen molar-refractivity contribution < 1.29 is 4.74 Å². The average molecular weight is 244 g/mol. The number of likely N-dealkylation sites (N-methyl/N-ethyl adjacent to an activating group) is 1. The van der Waals surface area contributed by atoms with Crippen molar-refractivity contribution in [1.29, 1.82) is 0 Å². The molecule has 0 aromatic heterocycles. The minimum Gasteiger partial charge on any atom is -0.383 e. The minimum absolute atomic E-state index is 0.517. The molecule has 0 fully saturated rings. The number of methoxy groups -OCH3 is 1. The monoisotopic (exact) mass is 244 g/mol. The van der Waals surface area contributed by atoms with Crippen molar-refractivity contribution in [2.45, 2.75) is 59.0 Å². The fourth-order valence-electron chi connectivity index (χ4n) is 2.38. The number of ether oxygens (including phenoxy) is 1. The molecule has 2 unspecified atom stereocenters. The molecule has 0 amide bonds. The van der Waals surface area contributed by atoms with Crippen LogP contribution in [0, 0.1) is 0 Å². The van der Waals surface area contributed by atoms with Crippen LogP contribution >= 0.6 is 0 Å². The maximum atomic E-state index is 5.24. The maximum absolute atomic E-state index is 5.24. The summed E-state index contributed by atoms with van der Waals surface area (Å²) in [7, 11) is 1.78. The zero-order chi connectivity index (χ0) is 13.1. The summed E-state index contributed by atoms with van der Waals surface area (Å²) in [6.07, 6.45) is 3.75. The molecule has 0 saturated carbocycles. The van der Waals surface area contributed by atoms with Gasteiger partial charge in [-0.2, -0.15) is 0 Å². The highest BCUT2D eigenvalue weighted by atomic mass is 16.5. The van der Waals surface area contributed by atoms with E-state index in [-0.39, 0.29) is 0 Å². The van der Waals surface area contributed by atoms with E-state index in [4.69, 9.17) is 4.74 Å². The summed E-state index contributed by atoms with van der Waals surface area (Å²) in [5.41, 5.74) is 0. The summed E-state index contributed by atoms with van der Waals surface area (Å²) in [6, 6.07) is 1.16. The normalized spacial score (nSPS) is 15.2. The molecule has 2 atom stereocenters. The lowest BCUT2D eigenvalue weighted by atomic mass is 10.1. The van der Waals surface area contributed by atoms with E-state index in [0.29, 0.717) is 12.1 Å². The molecular weight excluding hydrogens is 212 g/mol. The molecule has 3 nitrogen and oxygen atoms in total. The molecule has 104 valence electrons. The Balaban J connectivity index is 3.79. The first-order valence-corrected chi connectivity index (χ1v) is 7.12. The zero-order valence-electron chi connectivity index (χ0n) is 12.5. The number of nitrogens with zero attached hydrogens (tertiary/aromatic N) is 1. The van der Waals surface area contributed by atoms with Gasteiger partial charge in [0.15, 0.2) is 0 Å². The summed E-state index contributed by atoms with van der Waals surface area (Å²) in [5.74, 6) is 0. The maximum Gasteiger partial charge on any atom is 0.0615 e. The van der Waals surface area contributed by atoms with Gasteiger partial charge in [0.1, 0.15) is 0 Å². The van der Waals surface area contributed by atoms with Gasteiger partial charge >= 0.3 is 0 Å².